The average molecular weight is 303 g/mol. The van der Waals surface area contributed by atoms with Crippen LogP contribution in [0, 0.1) is 0 Å². The van der Waals surface area contributed by atoms with Crippen molar-refractivity contribution < 1.29 is 4.79 Å². The van der Waals surface area contributed by atoms with E-state index in [1.807, 2.05) is 25.1 Å². The van der Waals surface area contributed by atoms with Crippen LogP contribution in [0.15, 0.2) is 48.5 Å². The first-order valence-electron chi connectivity index (χ1n) is 7.00. The molecule has 0 radical (unpaired) electrons. The highest BCUT2D eigenvalue weighted by Gasteiger charge is 2.17. The smallest absolute Gasteiger partial charge is 0.255 e. The Morgan fingerprint density at radius 3 is 2.57 bits per heavy atom. The van der Waals surface area contributed by atoms with E-state index in [0.29, 0.717) is 29.4 Å². The van der Waals surface area contributed by atoms with Gasteiger partial charge in [-0.15, -0.1) is 0 Å². The third-order valence-electron chi connectivity index (χ3n) is 3.43. The Morgan fingerprint density at radius 2 is 1.90 bits per heavy atom. The van der Waals surface area contributed by atoms with Crippen molar-refractivity contribution in [3.8, 4) is 0 Å². The fourth-order valence-electron chi connectivity index (χ4n) is 2.20. The van der Waals surface area contributed by atoms with Crippen molar-refractivity contribution in [2.24, 2.45) is 0 Å². The summed E-state index contributed by atoms with van der Waals surface area (Å²) < 4.78 is 0. The van der Waals surface area contributed by atoms with Crippen molar-refractivity contribution in [3.63, 3.8) is 0 Å². The topological polar surface area (TPSA) is 46.3 Å². The summed E-state index contributed by atoms with van der Waals surface area (Å²) >= 11 is 5.96. The van der Waals surface area contributed by atoms with Crippen LogP contribution in [-0.2, 0) is 6.42 Å². The van der Waals surface area contributed by atoms with E-state index in [9.17, 15) is 4.79 Å². The number of nitrogens with zero attached hydrogens (tertiary/aromatic N) is 1. The zero-order chi connectivity index (χ0) is 15.2. The van der Waals surface area contributed by atoms with Crippen LogP contribution in [0.1, 0.15) is 22.8 Å². The van der Waals surface area contributed by atoms with Crippen LogP contribution < -0.4 is 5.73 Å². The number of benzene rings is 2. The minimum atomic E-state index is -0.0755. The molecule has 2 N–H and O–H groups in total. The summed E-state index contributed by atoms with van der Waals surface area (Å²) in [5.41, 5.74) is 8.03. The molecule has 0 bridgehead atoms. The number of halogens is 1. The molecule has 110 valence electrons. The predicted octanol–water partition coefficient (Wildman–Crippen LogP) is 3.63. The Hall–Kier alpha value is -2.00. The molecule has 2 aromatic carbocycles. The van der Waals surface area contributed by atoms with Crippen molar-refractivity contribution in [2.45, 2.75) is 13.3 Å². The zero-order valence-electron chi connectivity index (χ0n) is 12.1. The SMILES string of the molecule is CCN(CCc1ccccc1)C(=O)c1cc(Cl)ccc1N. The molecule has 0 aromatic heterocycles. The number of hydrogen-bond acceptors (Lipinski definition) is 2. The minimum Gasteiger partial charge on any atom is -0.398 e. The molecule has 0 saturated heterocycles. The highest BCUT2D eigenvalue weighted by Crippen LogP contribution is 2.19. The maximum absolute atomic E-state index is 12.6. The number of carbonyl (C=O) groups is 1. The van der Waals surface area contributed by atoms with Gasteiger partial charge in [-0.05, 0) is 37.1 Å². The first-order chi connectivity index (χ1) is 10.1. The number of rotatable bonds is 5. The van der Waals surface area contributed by atoms with Crippen LogP contribution in [0.25, 0.3) is 0 Å². The molecule has 0 saturated carbocycles. The second-order valence-corrected chi connectivity index (χ2v) is 5.29. The zero-order valence-corrected chi connectivity index (χ0v) is 12.8. The van der Waals surface area contributed by atoms with Gasteiger partial charge < -0.3 is 10.6 Å². The fourth-order valence-corrected chi connectivity index (χ4v) is 2.37. The molecule has 0 aliphatic rings. The number of carbonyl (C=O) groups excluding carboxylic acids is 1. The second-order valence-electron chi connectivity index (χ2n) is 4.85. The van der Waals surface area contributed by atoms with E-state index in [-0.39, 0.29) is 5.91 Å². The van der Waals surface area contributed by atoms with Crippen LogP contribution in [0.3, 0.4) is 0 Å². The largest absolute Gasteiger partial charge is 0.398 e. The van der Waals surface area contributed by atoms with Crippen LogP contribution in [-0.4, -0.2) is 23.9 Å². The third kappa shape index (κ3) is 3.99. The second kappa shape index (κ2) is 7.14. The van der Waals surface area contributed by atoms with Crippen LogP contribution in [0.4, 0.5) is 5.69 Å². The van der Waals surface area contributed by atoms with Crippen LogP contribution in [0.2, 0.25) is 5.02 Å². The standard InChI is InChI=1S/C17H19ClN2O/c1-2-20(11-10-13-6-4-3-5-7-13)17(21)15-12-14(18)8-9-16(15)19/h3-9,12H,2,10-11,19H2,1H3. The summed E-state index contributed by atoms with van der Waals surface area (Å²) in [5.74, 6) is -0.0755. The summed E-state index contributed by atoms with van der Waals surface area (Å²) in [4.78, 5) is 14.3. The summed E-state index contributed by atoms with van der Waals surface area (Å²) in [6.07, 6.45) is 0.820. The Balaban J connectivity index is 2.10. The molecule has 0 aliphatic heterocycles. The minimum absolute atomic E-state index is 0.0755. The van der Waals surface area contributed by atoms with Gasteiger partial charge in [0.15, 0.2) is 0 Å². The van der Waals surface area contributed by atoms with Gasteiger partial charge in [0, 0.05) is 23.8 Å². The molecule has 0 spiro atoms. The highest BCUT2D eigenvalue weighted by molar-refractivity contribution is 6.31. The molecule has 3 nitrogen and oxygen atoms in total. The Kier molecular flexibility index (Phi) is 5.23. The number of hydrogen-bond donors (Lipinski definition) is 1. The lowest BCUT2D eigenvalue weighted by Crippen LogP contribution is -2.33. The number of amides is 1. The quantitative estimate of drug-likeness (QED) is 0.857. The molecule has 2 aromatic rings. The van der Waals surface area contributed by atoms with Crippen molar-refractivity contribution >= 4 is 23.2 Å². The van der Waals surface area contributed by atoms with Crippen molar-refractivity contribution in [2.75, 3.05) is 18.8 Å². The summed E-state index contributed by atoms with van der Waals surface area (Å²) in [6.45, 7) is 3.26. The van der Waals surface area contributed by atoms with Crippen LogP contribution >= 0.6 is 11.6 Å². The normalized spacial score (nSPS) is 10.4. The van der Waals surface area contributed by atoms with Gasteiger partial charge in [0.25, 0.3) is 5.91 Å². The third-order valence-corrected chi connectivity index (χ3v) is 3.66. The van der Waals surface area contributed by atoms with Gasteiger partial charge in [-0.2, -0.15) is 0 Å². The predicted molar refractivity (Wildman–Crippen MR) is 87.6 cm³/mol. The van der Waals surface area contributed by atoms with Crippen molar-refractivity contribution in [3.05, 3.63) is 64.7 Å². The Labute approximate surface area is 130 Å². The molecule has 0 aliphatic carbocycles. The van der Waals surface area contributed by atoms with Gasteiger partial charge in [-0.3, -0.25) is 4.79 Å². The lowest BCUT2D eigenvalue weighted by Gasteiger charge is -2.22. The molecule has 0 unspecified atom stereocenters. The van der Waals surface area contributed by atoms with Crippen molar-refractivity contribution in [1.29, 1.82) is 0 Å². The van der Waals surface area contributed by atoms with E-state index in [2.05, 4.69) is 12.1 Å². The molecule has 2 rings (SSSR count). The summed E-state index contributed by atoms with van der Waals surface area (Å²) in [7, 11) is 0. The van der Waals surface area contributed by atoms with E-state index < -0.39 is 0 Å². The van der Waals surface area contributed by atoms with Gasteiger partial charge in [-0.25, -0.2) is 0 Å². The summed E-state index contributed by atoms with van der Waals surface area (Å²) in [5, 5.41) is 0.520. The molecule has 21 heavy (non-hydrogen) atoms. The first kappa shape index (κ1) is 15.4. The number of likely N-dealkylation sites (N-methyl/N-ethyl adjacent to an activating group) is 1. The number of anilines is 1. The molecule has 4 heteroatoms. The lowest BCUT2D eigenvalue weighted by molar-refractivity contribution is 0.0767. The maximum Gasteiger partial charge on any atom is 0.255 e. The first-order valence-corrected chi connectivity index (χ1v) is 7.38. The number of nitrogen functional groups attached to an aromatic ring is 1. The van der Waals surface area contributed by atoms with E-state index in [4.69, 9.17) is 17.3 Å². The lowest BCUT2D eigenvalue weighted by atomic mass is 10.1. The van der Waals surface area contributed by atoms with E-state index >= 15 is 0 Å². The van der Waals surface area contributed by atoms with Gasteiger partial charge in [0.1, 0.15) is 0 Å². The molecule has 0 heterocycles. The van der Waals surface area contributed by atoms with Crippen LogP contribution in [0.5, 0.6) is 0 Å². The van der Waals surface area contributed by atoms with Gasteiger partial charge >= 0.3 is 0 Å². The average Bonchev–Trinajstić information content (AvgIpc) is 2.51. The Morgan fingerprint density at radius 1 is 1.19 bits per heavy atom. The number of nitrogens with two attached hydrogens (primary N) is 1. The molecule has 1 amide bonds. The van der Waals surface area contributed by atoms with E-state index in [0.717, 1.165) is 6.42 Å². The molecular weight excluding hydrogens is 284 g/mol. The molecule has 0 atom stereocenters. The van der Waals surface area contributed by atoms with Gasteiger partial charge in [0.2, 0.25) is 0 Å². The summed E-state index contributed by atoms with van der Waals surface area (Å²) in [6, 6.07) is 15.1. The van der Waals surface area contributed by atoms with Gasteiger partial charge in [-0.1, -0.05) is 41.9 Å². The molecule has 0 fully saturated rings. The van der Waals surface area contributed by atoms with E-state index in [1.54, 1.807) is 23.1 Å². The monoisotopic (exact) mass is 302 g/mol. The van der Waals surface area contributed by atoms with Crippen molar-refractivity contribution in [1.82, 2.24) is 4.90 Å². The van der Waals surface area contributed by atoms with E-state index in [1.165, 1.54) is 5.56 Å². The molecular formula is C17H19ClN2O. The van der Waals surface area contributed by atoms with Gasteiger partial charge in [0.05, 0.1) is 5.56 Å². The Bertz CT molecular complexity index is 613. The maximum atomic E-state index is 12.6. The fraction of sp³-hybridized carbons (Fsp3) is 0.235. The highest BCUT2D eigenvalue weighted by atomic mass is 35.5.